The lowest BCUT2D eigenvalue weighted by Crippen LogP contribution is -2.42. The molecule has 0 unspecified atom stereocenters. The van der Waals surface area contributed by atoms with Crippen LogP contribution in [-0.4, -0.2) is 26.1 Å². The van der Waals surface area contributed by atoms with Gasteiger partial charge < -0.3 is 15.8 Å². The number of amides is 1. The van der Waals surface area contributed by atoms with Crippen molar-refractivity contribution in [1.82, 2.24) is 5.32 Å². The Hall–Kier alpha value is -1.07. The smallest absolute Gasteiger partial charge is 0.226 e. The van der Waals surface area contributed by atoms with Gasteiger partial charge in [0.25, 0.3) is 0 Å². The van der Waals surface area contributed by atoms with Gasteiger partial charge in [-0.05, 0) is 53.9 Å². The summed E-state index contributed by atoms with van der Waals surface area (Å²) in [6.45, 7) is 4.62. The molecule has 0 bridgehead atoms. The van der Waals surface area contributed by atoms with Crippen molar-refractivity contribution in [3.05, 3.63) is 28.2 Å². The van der Waals surface area contributed by atoms with Gasteiger partial charge in [0.2, 0.25) is 5.91 Å². The zero-order chi connectivity index (χ0) is 14.5. The number of hydrogen-bond donors (Lipinski definition) is 2. The molecule has 19 heavy (non-hydrogen) atoms. The maximum Gasteiger partial charge on any atom is 0.226 e. The third-order valence-corrected chi connectivity index (χ3v) is 3.66. The average Bonchev–Trinajstić information content (AvgIpc) is 2.38. The molecule has 0 aromatic heterocycles. The largest absolute Gasteiger partial charge is 0.496 e. The molecule has 0 aliphatic carbocycles. The Morgan fingerprint density at radius 2 is 2.16 bits per heavy atom. The Morgan fingerprint density at radius 3 is 2.68 bits per heavy atom. The van der Waals surface area contributed by atoms with E-state index >= 15 is 0 Å². The van der Waals surface area contributed by atoms with Crippen LogP contribution in [0.5, 0.6) is 5.75 Å². The molecule has 1 rings (SSSR count). The highest BCUT2D eigenvalue weighted by molar-refractivity contribution is 9.10. The zero-order valence-corrected chi connectivity index (χ0v) is 13.2. The van der Waals surface area contributed by atoms with Crippen LogP contribution in [0, 0.1) is 5.41 Å². The lowest BCUT2D eigenvalue weighted by Gasteiger charge is -2.21. The molecule has 1 aromatic rings. The van der Waals surface area contributed by atoms with Crippen LogP contribution < -0.4 is 15.8 Å². The summed E-state index contributed by atoms with van der Waals surface area (Å²) >= 11 is 3.44. The predicted molar refractivity (Wildman–Crippen MR) is 80.2 cm³/mol. The number of ether oxygens (including phenoxy) is 1. The Labute approximate surface area is 122 Å². The minimum atomic E-state index is -0.513. The van der Waals surface area contributed by atoms with Crippen LogP contribution in [0.15, 0.2) is 22.7 Å². The molecular weight excluding hydrogens is 308 g/mol. The van der Waals surface area contributed by atoms with E-state index in [0.717, 1.165) is 22.2 Å². The number of methoxy groups -OCH3 is 1. The second-order valence-electron chi connectivity index (χ2n) is 5.06. The van der Waals surface area contributed by atoms with Gasteiger partial charge in [-0.2, -0.15) is 0 Å². The van der Waals surface area contributed by atoms with E-state index in [1.54, 1.807) is 7.11 Å². The van der Waals surface area contributed by atoms with Crippen LogP contribution in [0.1, 0.15) is 19.4 Å². The minimum absolute atomic E-state index is 0.0115. The summed E-state index contributed by atoms with van der Waals surface area (Å²) in [6.07, 6.45) is 0.773. The number of nitrogens with one attached hydrogen (secondary N) is 1. The summed E-state index contributed by atoms with van der Waals surface area (Å²) in [5, 5.41) is 2.90. The van der Waals surface area contributed by atoms with Gasteiger partial charge in [0.1, 0.15) is 5.75 Å². The van der Waals surface area contributed by atoms with Crippen molar-refractivity contribution >= 4 is 21.8 Å². The number of benzene rings is 1. The van der Waals surface area contributed by atoms with Crippen LogP contribution in [0.3, 0.4) is 0 Å². The molecule has 1 amide bonds. The fraction of sp³-hybridized carbons (Fsp3) is 0.500. The Morgan fingerprint density at radius 1 is 1.47 bits per heavy atom. The normalized spacial score (nSPS) is 11.2. The van der Waals surface area contributed by atoms with E-state index in [4.69, 9.17) is 10.5 Å². The van der Waals surface area contributed by atoms with Crippen molar-refractivity contribution in [1.29, 1.82) is 0 Å². The van der Waals surface area contributed by atoms with E-state index in [-0.39, 0.29) is 5.91 Å². The molecule has 0 spiro atoms. The molecule has 1 aromatic carbocycles. The highest BCUT2D eigenvalue weighted by atomic mass is 79.9. The first kappa shape index (κ1) is 16.0. The number of carbonyl (C=O) groups is 1. The first-order chi connectivity index (χ1) is 8.90. The molecule has 0 fully saturated rings. The van der Waals surface area contributed by atoms with E-state index in [1.165, 1.54) is 0 Å². The van der Waals surface area contributed by atoms with Crippen molar-refractivity contribution in [2.45, 2.75) is 20.3 Å². The van der Waals surface area contributed by atoms with Crippen molar-refractivity contribution in [3.8, 4) is 5.75 Å². The van der Waals surface area contributed by atoms with E-state index < -0.39 is 5.41 Å². The fourth-order valence-electron chi connectivity index (χ4n) is 1.52. The quantitative estimate of drug-likeness (QED) is 0.840. The van der Waals surface area contributed by atoms with Crippen LogP contribution in [0.2, 0.25) is 0 Å². The second-order valence-corrected chi connectivity index (χ2v) is 5.92. The minimum Gasteiger partial charge on any atom is -0.496 e. The Balaban J connectivity index is 2.50. The van der Waals surface area contributed by atoms with Crippen molar-refractivity contribution in [3.63, 3.8) is 0 Å². The second kappa shape index (κ2) is 6.91. The predicted octanol–water partition coefficient (Wildman–Crippen LogP) is 2.10. The molecule has 0 radical (unpaired) electrons. The summed E-state index contributed by atoms with van der Waals surface area (Å²) < 4.78 is 6.09. The van der Waals surface area contributed by atoms with Gasteiger partial charge in [0.15, 0.2) is 0 Å². The highest BCUT2D eigenvalue weighted by Crippen LogP contribution is 2.25. The molecule has 4 nitrogen and oxygen atoms in total. The maximum atomic E-state index is 11.8. The highest BCUT2D eigenvalue weighted by Gasteiger charge is 2.24. The lowest BCUT2D eigenvalue weighted by atomic mass is 9.92. The SMILES string of the molecule is COc1ccc(CCNC(=O)C(C)(C)CN)cc1Br. The number of rotatable bonds is 6. The Kier molecular flexibility index (Phi) is 5.82. The zero-order valence-electron chi connectivity index (χ0n) is 11.6. The van der Waals surface area contributed by atoms with Gasteiger partial charge in [-0.1, -0.05) is 6.07 Å². The summed E-state index contributed by atoms with van der Waals surface area (Å²) in [4.78, 5) is 11.8. The number of hydrogen-bond acceptors (Lipinski definition) is 3. The molecule has 0 aliphatic heterocycles. The van der Waals surface area contributed by atoms with Crippen LogP contribution >= 0.6 is 15.9 Å². The molecule has 0 heterocycles. The summed E-state index contributed by atoms with van der Waals surface area (Å²) in [5.74, 6) is 0.791. The van der Waals surface area contributed by atoms with Gasteiger partial charge in [-0.25, -0.2) is 0 Å². The van der Waals surface area contributed by atoms with Gasteiger partial charge >= 0.3 is 0 Å². The topological polar surface area (TPSA) is 64.3 Å². The van der Waals surface area contributed by atoms with Gasteiger partial charge in [0.05, 0.1) is 17.0 Å². The van der Waals surface area contributed by atoms with Gasteiger partial charge in [-0.3, -0.25) is 4.79 Å². The molecular formula is C14H21BrN2O2. The molecule has 0 saturated carbocycles. The Bertz CT molecular complexity index is 447. The van der Waals surface area contributed by atoms with E-state index in [1.807, 2.05) is 32.0 Å². The third kappa shape index (κ3) is 4.51. The number of halogens is 1. The number of nitrogens with two attached hydrogens (primary N) is 1. The van der Waals surface area contributed by atoms with Crippen molar-refractivity contribution in [2.75, 3.05) is 20.2 Å². The van der Waals surface area contributed by atoms with Gasteiger partial charge in [-0.15, -0.1) is 0 Å². The lowest BCUT2D eigenvalue weighted by molar-refractivity contribution is -0.128. The van der Waals surface area contributed by atoms with Gasteiger partial charge in [0, 0.05) is 13.1 Å². The van der Waals surface area contributed by atoms with Crippen molar-refractivity contribution in [2.24, 2.45) is 11.1 Å². The molecule has 0 saturated heterocycles. The standard InChI is InChI=1S/C14H21BrN2O2/c1-14(2,9-16)13(18)17-7-6-10-4-5-12(19-3)11(15)8-10/h4-5,8H,6-7,9,16H2,1-3H3,(H,17,18). The summed E-state index contributed by atoms with van der Waals surface area (Å²) in [5.41, 5.74) is 6.19. The number of carbonyl (C=O) groups excluding carboxylic acids is 1. The molecule has 3 N–H and O–H groups in total. The molecule has 106 valence electrons. The van der Waals surface area contributed by atoms with Crippen LogP contribution in [0.25, 0.3) is 0 Å². The molecule has 5 heteroatoms. The summed E-state index contributed by atoms with van der Waals surface area (Å²) in [6, 6.07) is 5.90. The molecule has 0 atom stereocenters. The van der Waals surface area contributed by atoms with E-state index in [2.05, 4.69) is 21.2 Å². The third-order valence-electron chi connectivity index (χ3n) is 3.04. The molecule has 0 aliphatic rings. The monoisotopic (exact) mass is 328 g/mol. The van der Waals surface area contributed by atoms with E-state index in [0.29, 0.717) is 13.1 Å². The average molecular weight is 329 g/mol. The first-order valence-electron chi connectivity index (χ1n) is 6.21. The first-order valence-corrected chi connectivity index (χ1v) is 7.01. The van der Waals surface area contributed by atoms with Crippen LogP contribution in [-0.2, 0) is 11.2 Å². The van der Waals surface area contributed by atoms with E-state index in [9.17, 15) is 4.79 Å². The maximum absolute atomic E-state index is 11.8. The fourth-order valence-corrected chi connectivity index (χ4v) is 2.11. The van der Waals surface area contributed by atoms with Crippen LogP contribution in [0.4, 0.5) is 0 Å². The van der Waals surface area contributed by atoms with Crippen molar-refractivity contribution < 1.29 is 9.53 Å². The summed E-state index contributed by atoms with van der Waals surface area (Å²) in [7, 11) is 1.63.